The maximum atomic E-state index is 6.86. The molecule has 1 aliphatic carbocycles. The highest BCUT2D eigenvalue weighted by Gasteiger charge is 2.55. The highest BCUT2D eigenvalue weighted by Crippen LogP contribution is 2.64. The molecular weight excluding hydrogens is 683 g/mol. The van der Waals surface area contributed by atoms with Crippen LogP contribution < -0.4 is 15.8 Å². The minimum absolute atomic E-state index is 0.130. The summed E-state index contributed by atoms with van der Waals surface area (Å²) in [5.74, 6) is 0. The molecule has 3 aromatic heterocycles. The van der Waals surface area contributed by atoms with Crippen LogP contribution >= 0.6 is 0 Å². The van der Waals surface area contributed by atoms with E-state index in [0.717, 1.165) is 49.7 Å². The number of nitrogens with zero attached hydrogens (tertiary/aromatic N) is 2. The fourth-order valence-corrected chi connectivity index (χ4v) is 11.7. The maximum Gasteiger partial charge on any atom is 0.333 e. The fraction of sp³-hybridized carbons (Fsp3) is 0.0196. The summed E-state index contributed by atoms with van der Waals surface area (Å²) < 4.78 is 16.3. The number of aromatic nitrogens is 1. The van der Waals surface area contributed by atoms with Crippen molar-refractivity contribution in [3.63, 3.8) is 0 Å². The summed E-state index contributed by atoms with van der Waals surface area (Å²) in [5, 5.41) is 4.59. The topological polar surface area (TPSA) is 34.5 Å². The first-order chi connectivity index (χ1) is 27.8. The second-order valence-corrected chi connectivity index (χ2v) is 15.8. The molecule has 0 fully saturated rings. The summed E-state index contributed by atoms with van der Waals surface area (Å²) in [6, 6.07) is 60.5. The largest absolute Gasteiger partial charge is 0.456 e. The van der Waals surface area contributed by atoms with E-state index in [9.17, 15) is 0 Å². The number of hydrogen-bond donors (Lipinski definition) is 0. The second kappa shape index (κ2) is 9.34. The van der Waals surface area contributed by atoms with E-state index < -0.39 is 5.41 Å². The number of hydrogen-bond acceptors (Lipinski definition) is 3. The Morgan fingerprint density at radius 1 is 0.464 bits per heavy atom. The van der Waals surface area contributed by atoms with Crippen molar-refractivity contribution < 1.29 is 8.83 Å². The Balaban J connectivity index is 1.19. The van der Waals surface area contributed by atoms with Crippen LogP contribution in [0.3, 0.4) is 0 Å². The van der Waals surface area contributed by atoms with E-state index in [1.54, 1.807) is 0 Å². The predicted octanol–water partition coefficient (Wildman–Crippen LogP) is 11.5. The summed E-state index contributed by atoms with van der Waals surface area (Å²) in [7, 11) is 0. The maximum absolute atomic E-state index is 6.86. The highest BCUT2D eigenvalue weighted by atomic mass is 16.3. The van der Waals surface area contributed by atoms with E-state index in [4.69, 9.17) is 8.83 Å². The average molecular weight is 711 g/mol. The van der Waals surface area contributed by atoms with E-state index in [1.165, 1.54) is 77.7 Å². The molecule has 256 valence electrons. The SMILES string of the molecule is c1ccc2c(c1)-c1ccccc1C21c2ccccc2N2c3cc4oc5ccccc5c4c4c3B(c3cccc1c32)n1c2c-4cccc2c2oc3ccccc3c21. The number of fused-ring (bicyclic) bond motifs is 22. The molecule has 6 heterocycles. The smallest absolute Gasteiger partial charge is 0.333 e. The van der Waals surface area contributed by atoms with Crippen molar-refractivity contribution in [2.45, 2.75) is 5.41 Å². The van der Waals surface area contributed by atoms with Crippen molar-refractivity contribution in [2.24, 2.45) is 0 Å². The normalized spacial score (nSPS) is 14.9. The first-order valence-corrected chi connectivity index (χ1v) is 19.5. The van der Waals surface area contributed by atoms with Gasteiger partial charge in [-0.15, -0.1) is 0 Å². The Bertz CT molecular complexity index is 3590. The van der Waals surface area contributed by atoms with Gasteiger partial charge < -0.3 is 18.2 Å². The number of para-hydroxylation sites is 5. The monoisotopic (exact) mass is 710 g/mol. The van der Waals surface area contributed by atoms with Gasteiger partial charge in [0.2, 0.25) is 0 Å². The van der Waals surface area contributed by atoms with Gasteiger partial charge >= 0.3 is 6.85 Å². The van der Waals surface area contributed by atoms with Crippen LogP contribution in [0.1, 0.15) is 22.3 Å². The van der Waals surface area contributed by atoms with Crippen LogP contribution in [-0.4, -0.2) is 11.3 Å². The van der Waals surface area contributed by atoms with E-state index in [-0.39, 0.29) is 6.85 Å². The lowest BCUT2D eigenvalue weighted by Gasteiger charge is -2.49. The summed E-state index contributed by atoms with van der Waals surface area (Å²) in [4.78, 5) is 2.58. The van der Waals surface area contributed by atoms with Crippen LogP contribution in [0.5, 0.6) is 0 Å². The Hall–Kier alpha value is -7.24. The van der Waals surface area contributed by atoms with E-state index in [0.29, 0.717) is 0 Å². The van der Waals surface area contributed by atoms with Gasteiger partial charge in [-0.1, -0.05) is 127 Å². The molecule has 3 aliphatic heterocycles. The Labute approximate surface area is 320 Å². The molecule has 0 bridgehead atoms. The van der Waals surface area contributed by atoms with Crippen molar-refractivity contribution in [1.29, 1.82) is 0 Å². The molecule has 0 atom stereocenters. The molecule has 4 nitrogen and oxygen atoms in total. The van der Waals surface area contributed by atoms with Crippen LogP contribution in [0, 0.1) is 0 Å². The predicted molar refractivity (Wildman–Crippen MR) is 228 cm³/mol. The average Bonchev–Trinajstić information content (AvgIpc) is 3.99. The third-order valence-corrected chi connectivity index (χ3v) is 13.6. The molecule has 0 unspecified atom stereocenters. The number of anilines is 3. The van der Waals surface area contributed by atoms with Crippen LogP contribution in [-0.2, 0) is 5.41 Å². The zero-order valence-corrected chi connectivity index (χ0v) is 29.9. The Morgan fingerprint density at radius 2 is 1.09 bits per heavy atom. The standard InChI is InChI=1S/C51H27BN2O2/c1-5-19-34-28(13-1)29-14-2-6-20-35(29)51(34)36-21-7-8-24-39(36)53-40-27-43-44(30-15-3-9-25-41(30)55-43)45-32-17-11-18-33-47(32)54(48-31-16-4-10-26-42(31)56-50(33)48)52(46(40)45)38-23-12-22-37(51)49(38)53/h1-27H. The van der Waals surface area contributed by atoms with Crippen molar-refractivity contribution in [3.05, 3.63) is 186 Å². The molecule has 0 amide bonds. The third-order valence-electron chi connectivity index (χ3n) is 13.6. The third kappa shape index (κ3) is 2.90. The highest BCUT2D eigenvalue weighted by molar-refractivity contribution is 6.90. The van der Waals surface area contributed by atoms with Gasteiger partial charge in [-0.05, 0) is 80.2 Å². The minimum Gasteiger partial charge on any atom is -0.456 e. The van der Waals surface area contributed by atoms with Crippen molar-refractivity contribution in [1.82, 2.24) is 4.48 Å². The molecule has 0 saturated carbocycles. The van der Waals surface area contributed by atoms with Crippen molar-refractivity contribution in [3.8, 4) is 22.3 Å². The molecule has 0 saturated heterocycles. The van der Waals surface area contributed by atoms with Crippen molar-refractivity contribution >= 4 is 89.7 Å². The van der Waals surface area contributed by atoms with Gasteiger partial charge in [-0.3, -0.25) is 0 Å². The summed E-state index contributed by atoms with van der Waals surface area (Å²) >= 11 is 0. The second-order valence-electron chi connectivity index (χ2n) is 15.8. The van der Waals surface area contributed by atoms with E-state index in [2.05, 4.69) is 173 Å². The lowest BCUT2D eigenvalue weighted by Crippen LogP contribution is -2.58. The van der Waals surface area contributed by atoms with Crippen LogP contribution in [0.25, 0.3) is 77.2 Å². The summed E-state index contributed by atoms with van der Waals surface area (Å²) in [6.07, 6.45) is 0. The first-order valence-electron chi connectivity index (χ1n) is 19.5. The quantitative estimate of drug-likeness (QED) is 0.147. The molecule has 1 spiro atoms. The number of furan rings is 2. The van der Waals surface area contributed by atoms with Gasteiger partial charge in [-0.25, -0.2) is 0 Å². The summed E-state index contributed by atoms with van der Waals surface area (Å²) in [6.45, 7) is -0.130. The molecule has 0 N–H and O–H groups in total. The molecule has 4 aliphatic rings. The molecular formula is C51H27BN2O2. The fourth-order valence-electron chi connectivity index (χ4n) is 11.7. The summed E-state index contributed by atoms with van der Waals surface area (Å²) in [5.41, 5.74) is 22.0. The molecule has 56 heavy (non-hydrogen) atoms. The van der Waals surface area contributed by atoms with Crippen molar-refractivity contribution in [2.75, 3.05) is 4.90 Å². The van der Waals surface area contributed by atoms with Gasteiger partial charge in [0.15, 0.2) is 5.58 Å². The van der Waals surface area contributed by atoms with Gasteiger partial charge in [0.05, 0.1) is 16.6 Å². The van der Waals surface area contributed by atoms with Gasteiger partial charge in [0.1, 0.15) is 16.7 Å². The molecule has 5 heteroatoms. The van der Waals surface area contributed by atoms with Gasteiger partial charge in [-0.2, -0.15) is 0 Å². The number of rotatable bonds is 0. The minimum atomic E-state index is -0.508. The number of benzene rings is 8. The molecule has 11 aromatic rings. The molecule has 0 radical (unpaired) electrons. The Kier molecular flexibility index (Phi) is 4.71. The van der Waals surface area contributed by atoms with E-state index in [1.807, 2.05) is 0 Å². The zero-order chi connectivity index (χ0) is 36.0. The van der Waals surface area contributed by atoms with Crippen LogP contribution in [0.2, 0.25) is 0 Å². The van der Waals surface area contributed by atoms with Crippen LogP contribution in [0.4, 0.5) is 17.1 Å². The van der Waals surface area contributed by atoms with Crippen LogP contribution in [0.15, 0.2) is 173 Å². The molecule has 8 aromatic carbocycles. The lowest BCUT2D eigenvalue weighted by molar-refractivity contribution is 0.669. The van der Waals surface area contributed by atoms with E-state index >= 15 is 0 Å². The zero-order valence-electron chi connectivity index (χ0n) is 29.9. The first kappa shape index (κ1) is 28.2. The van der Waals surface area contributed by atoms with Gasteiger partial charge in [0, 0.05) is 50.1 Å². The Morgan fingerprint density at radius 3 is 1.91 bits per heavy atom. The lowest BCUT2D eigenvalue weighted by atomic mass is 9.43. The molecule has 15 rings (SSSR count). The van der Waals surface area contributed by atoms with Gasteiger partial charge in [0.25, 0.3) is 0 Å².